The van der Waals surface area contributed by atoms with Crippen LogP contribution in [0.1, 0.15) is 47.0 Å². The van der Waals surface area contributed by atoms with E-state index in [1.807, 2.05) is 7.11 Å². The first-order valence-corrected chi connectivity index (χ1v) is 7.99. The van der Waals surface area contributed by atoms with E-state index >= 15 is 0 Å². The average Bonchev–Trinajstić information content (AvgIpc) is 2.67. The molecule has 2 rings (SSSR count). The van der Waals surface area contributed by atoms with Gasteiger partial charge in [-0.1, -0.05) is 27.7 Å². The summed E-state index contributed by atoms with van der Waals surface area (Å²) in [5, 5.41) is 3.74. The highest BCUT2D eigenvalue weighted by molar-refractivity contribution is 5.02. The maximum atomic E-state index is 5.68. The van der Waals surface area contributed by atoms with E-state index in [9.17, 15) is 0 Å². The molecule has 2 fully saturated rings. The molecule has 0 radical (unpaired) electrons. The topological polar surface area (TPSA) is 24.5 Å². The molecule has 0 aromatic carbocycles. The molecule has 4 unspecified atom stereocenters. The van der Waals surface area contributed by atoms with E-state index in [0.717, 1.165) is 13.1 Å². The number of hydrogen-bond donors (Lipinski definition) is 1. The minimum atomic E-state index is 0.416. The van der Waals surface area contributed by atoms with E-state index in [0.29, 0.717) is 29.5 Å². The van der Waals surface area contributed by atoms with Gasteiger partial charge in [-0.05, 0) is 43.7 Å². The van der Waals surface area contributed by atoms with Crippen molar-refractivity contribution >= 4 is 0 Å². The zero-order valence-electron chi connectivity index (χ0n) is 13.4. The van der Waals surface area contributed by atoms with Gasteiger partial charge >= 0.3 is 0 Å². The van der Waals surface area contributed by atoms with Crippen LogP contribution in [0.4, 0.5) is 0 Å². The molecule has 1 heterocycles. The van der Waals surface area contributed by atoms with Gasteiger partial charge in [-0.25, -0.2) is 0 Å². The normalized spacial score (nSPS) is 39.6. The summed E-state index contributed by atoms with van der Waals surface area (Å²) in [6.45, 7) is 12.8. The maximum Gasteiger partial charge on any atom is 0.0724 e. The number of likely N-dealkylation sites (tertiary alicyclic amines) is 1. The Balaban J connectivity index is 2.04. The number of nitrogens with zero attached hydrogens (tertiary/aromatic N) is 1. The molecule has 19 heavy (non-hydrogen) atoms. The molecule has 0 bridgehead atoms. The van der Waals surface area contributed by atoms with Crippen LogP contribution in [0, 0.1) is 11.3 Å². The molecule has 1 saturated carbocycles. The molecule has 0 spiro atoms. The second-order valence-electron chi connectivity index (χ2n) is 7.17. The van der Waals surface area contributed by atoms with E-state index in [2.05, 4.69) is 37.9 Å². The van der Waals surface area contributed by atoms with Crippen LogP contribution in [0.2, 0.25) is 0 Å². The Hall–Kier alpha value is -0.120. The van der Waals surface area contributed by atoms with Crippen molar-refractivity contribution in [2.45, 2.75) is 65.1 Å². The Morgan fingerprint density at radius 3 is 2.68 bits per heavy atom. The zero-order chi connectivity index (χ0) is 14.0. The van der Waals surface area contributed by atoms with Gasteiger partial charge in [0.25, 0.3) is 0 Å². The van der Waals surface area contributed by atoms with Crippen molar-refractivity contribution in [3.8, 4) is 0 Å². The predicted octanol–water partition coefficient (Wildman–Crippen LogP) is 2.51. The first kappa shape index (κ1) is 15.3. The SMILES string of the molecule is CCNC1C(N2CCC(C)C(OC)C2)CCC1(C)C. The molecule has 0 amide bonds. The predicted molar refractivity (Wildman–Crippen MR) is 80.4 cm³/mol. The number of nitrogens with one attached hydrogen (secondary N) is 1. The molecule has 112 valence electrons. The highest BCUT2D eigenvalue weighted by Gasteiger charge is 2.45. The van der Waals surface area contributed by atoms with Crippen LogP contribution >= 0.6 is 0 Å². The van der Waals surface area contributed by atoms with Crippen molar-refractivity contribution in [2.24, 2.45) is 11.3 Å². The fraction of sp³-hybridized carbons (Fsp3) is 1.00. The Morgan fingerprint density at radius 1 is 1.32 bits per heavy atom. The van der Waals surface area contributed by atoms with E-state index in [-0.39, 0.29) is 0 Å². The fourth-order valence-corrected chi connectivity index (χ4v) is 4.05. The second-order valence-corrected chi connectivity index (χ2v) is 7.17. The van der Waals surface area contributed by atoms with Gasteiger partial charge in [-0.2, -0.15) is 0 Å². The van der Waals surface area contributed by atoms with Gasteiger partial charge in [-0.15, -0.1) is 0 Å². The standard InChI is InChI=1S/C16H32N2O/c1-6-17-15-13(7-9-16(15,3)4)18-10-8-12(2)14(11-18)19-5/h12-15,17H,6-11H2,1-5H3. The van der Waals surface area contributed by atoms with Gasteiger partial charge in [0.15, 0.2) is 0 Å². The number of methoxy groups -OCH3 is 1. The Bertz CT molecular complexity index is 292. The van der Waals surface area contributed by atoms with Crippen LogP contribution < -0.4 is 5.32 Å². The van der Waals surface area contributed by atoms with Crippen molar-refractivity contribution in [1.29, 1.82) is 0 Å². The second kappa shape index (κ2) is 6.11. The highest BCUT2D eigenvalue weighted by atomic mass is 16.5. The molecule has 0 aromatic rings. The summed E-state index contributed by atoms with van der Waals surface area (Å²) in [5.74, 6) is 0.702. The van der Waals surface area contributed by atoms with Crippen LogP contribution in [-0.2, 0) is 4.74 Å². The van der Waals surface area contributed by atoms with Gasteiger partial charge in [0.2, 0.25) is 0 Å². The lowest BCUT2D eigenvalue weighted by Crippen LogP contribution is -2.56. The van der Waals surface area contributed by atoms with Crippen molar-refractivity contribution in [3.63, 3.8) is 0 Å². The van der Waals surface area contributed by atoms with E-state index in [4.69, 9.17) is 4.74 Å². The highest BCUT2D eigenvalue weighted by Crippen LogP contribution is 2.41. The summed E-state index contributed by atoms with van der Waals surface area (Å²) in [5.41, 5.74) is 0.423. The third-order valence-corrected chi connectivity index (χ3v) is 5.43. The summed E-state index contributed by atoms with van der Waals surface area (Å²) >= 11 is 0. The minimum Gasteiger partial charge on any atom is -0.380 e. The lowest BCUT2D eigenvalue weighted by molar-refractivity contribution is -0.0240. The largest absolute Gasteiger partial charge is 0.380 e. The zero-order valence-corrected chi connectivity index (χ0v) is 13.4. The van der Waals surface area contributed by atoms with Crippen molar-refractivity contribution in [1.82, 2.24) is 10.2 Å². The number of hydrogen-bond acceptors (Lipinski definition) is 3. The monoisotopic (exact) mass is 268 g/mol. The van der Waals surface area contributed by atoms with Gasteiger partial charge in [-0.3, -0.25) is 4.90 Å². The Kier molecular flexibility index (Phi) is 4.91. The average molecular weight is 268 g/mol. The first-order valence-electron chi connectivity index (χ1n) is 7.99. The molecule has 1 N–H and O–H groups in total. The minimum absolute atomic E-state index is 0.416. The number of likely N-dealkylation sites (N-methyl/N-ethyl adjacent to an activating group) is 1. The lowest BCUT2D eigenvalue weighted by Gasteiger charge is -2.43. The summed E-state index contributed by atoms with van der Waals surface area (Å²) < 4.78 is 5.68. The Labute approximate surface area is 119 Å². The summed E-state index contributed by atoms with van der Waals surface area (Å²) in [7, 11) is 1.87. The molecule has 3 heteroatoms. The van der Waals surface area contributed by atoms with Crippen molar-refractivity contribution in [3.05, 3.63) is 0 Å². The van der Waals surface area contributed by atoms with Crippen molar-refractivity contribution < 1.29 is 4.74 Å². The lowest BCUT2D eigenvalue weighted by atomic mass is 9.85. The first-order chi connectivity index (χ1) is 8.99. The third kappa shape index (κ3) is 3.14. The smallest absolute Gasteiger partial charge is 0.0724 e. The molecule has 1 saturated heterocycles. The van der Waals surface area contributed by atoms with Gasteiger partial charge < -0.3 is 10.1 Å². The molecule has 1 aliphatic heterocycles. The number of ether oxygens (including phenoxy) is 1. The summed E-state index contributed by atoms with van der Waals surface area (Å²) in [6, 6.07) is 1.32. The number of piperidine rings is 1. The fourth-order valence-electron chi connectivity index (χ4n) is 4.05. The van der Waals surface area contributed by atoms with Gasteiger partial charge in [0.1, 0.15) is 0 Å². The maximum absolute atomic E-state index is 5.68. The molecular formula is C16H32N2O. The Morgan fingerprint density at radius 2 is 2.05 bits per heavy atom. The van der Waals surface area contributed by atoms with Gasteiger partial charge in [0, 0.05) is 25.7 Å². The van der Waals surface area contributed by atoms with E-state index < -0.39 is 0 Å². The van der Waals surface area contributed by atoms with Crippen LogP contribution in [0.25, 0.3) is 0 Å². The molecule has 3 nitrogen and oxygen atoms in total. The molecule has 1 aliphatic carbocycles. The number of rotatable bonds is 4. The molecular weight excluding hydrogens is 236 g/mol. The quantitative estimate of drug-likeness (QED) is 0.848. The van der Waals surface area contributed by atoms with E-state index in [1.54, 1.807) is 0 Å². The molecule has 2 aliphatic rings. The van der Waals surface area contributed by atoms with Crippen LogP contribution in [-0.4, -0.2) is 49.8 Å². The van der Waals surface area contributed by atoms with Crippen LogP contribution in [0.3, 0.4) is 0 Å². The third-order valence-electron chi connectivity index (χ3n) is 5.43. The summed E-state index contributed by atoms with van der Waals surface area (Å²) in [6.07, 6.45) is 4.35. The molecule has 0 aromatic heterocycles. The van der Waals surface area contributed by atoms with Crippen LogP contribution in [0.15, 0.2) is 0 Å². The molecule has 4 atom stereocenters. The van der Waals surface area contributed by atoms with Crippen molar-refractivity contribution in [2.75, 3.05) is 26.7 Å². The van der Waals surface area contributed by atoms with E-state index in [1.165, 1.54) is 25.8 Å². The van der Waals surface area contributed by atoms with Crippen LogP contribution in [0.5, 0.6) is 0 Å². The summed E-state index contributed by atoms with van der Waals surface area (Å²) in [4.78, 5) is 2.69. The van der Waals surface area contributed by atoms with Gasteiger partial charge in [0.05, 0.1) is 6.10 Å².